The third-order valence-corrected chi connectivity index (χ3v) is 3.02. The lowest BCUT2D eigenvalue weighted by atomic mass is 10.4. The average molecular weight is 251 g/mol. The molecule has 1 rings (SSSR count). The largest absolute Gasteiger partial charge is 0.505 e. The molecule has 0 saturated heterocycles. The number of esters is 1. The Hall–Kier alpha value is -0.940. The van der Waals surface area contributed by atoms with Gasteiger partial charge < -0.3 is 14.6 Å². The van der Waals surface area contributed by atoms with Crippen LogP contribution in [0.2, 0.25) is 5.02 Å². The molecule has 1 aromatic heterocycles. The van der Waals surface area contributed by atoms with E-state index in [-0.39, 0.29) is 21.8 Å². The van der Waals surface area contributed by atoms with Gasteiger partial charge in [-0.15, -0.1) is 0 Å². The molecule has 0 fully saturated rings. The van der Waals surface area contributed by atoms with Gasteiger partial charge in [0.15, 0.2) is 15.7 Å². The number of hydrogen-bond acceptors (Lipinski definition) is 5. The van der Waals surface area contributed by atoms with Crippen LogP contribution in [0.3, 0.4) is 0 Å². The molecular formula is C9H11ClO4S. The van der Waals surface area contributed by atoms with Crippen molar-refractivity contribution in [1.29, 1.82) is 0 Å². The lowest BCUT2D eigenvalue weighted by Gasteiger charge is -2.06. The number of ether oxygens (including phenoxy) is 2. The molecule has 0 atom stereocenters. The van der Waals surface area contributed by atoms with Crippen LogP contribution in [0.25, 0.3) is 0 Å². The summed E-state index contributed by atoms with van der Waals surface area (Å²) in [5.74, 6) is -0.915. The summed E-state index contributed by atoms with van der Waals surface area (Å²) in [6.45, 7) is 3.65. The topological polar surface area (TPSA) is 55.8 Å². The fourth-order valence-electron chi connectivity index (χ4n) is 0.903. The maximum absolute atomic E-state index is 11.2. The minimum absolute atomic E-state index is 0.0501. The van der Waals surface area contributed by atoms with Gasteiger partial charge in [0, 0.05) is 0 Å². The zero-order valence-electron chi connectivity index (χ0n) is 8.54. The van der Waals surface area contributed by atoms with E-state index in [0.29, 0.717) is 5.06 Å². The van der Waals surface area contributed by atoms with Crippen LogP contribution in [-0.4, -0.2) is 24.3 Å². The van der Waals surface area contributed by atoms with Gasteiger partial charge in [-0.05, 0) is 13.8 Å². The van der Waals surface area contributed by atoms with Crippen LogP contribution >= 0.6 is 22.9 Å². The van der Waals surface area contributed by atoms with E-state index in [1.54, 1.807) is 0 Å². The fourth-order valence-corrected chi connectivity index (χ4v) is 2.19. The summed E-state index contributed by atoms with van der Waals surface area (Å²) in [5.41, 5.74) is 0. The van der Waals surface area contributed by atoms with Gasteiger partial charge in [0.1, 0.15) is 5.02 Å². The molecule has 0 unspecified atom stereocenters. The molecule has 1 aromatic rings. The molecule has 0 aliphatic rings. The summed E-state index contributed by atoms with van der Waals surface area (Å²) in [5, 5.41) is 9.90. The fraction of sp³-hybridized carbons (Fsp3) is 0.444. The third kappa shape index (κ3) is 2.54. The molecular weight excluding hydrogens is 240 g/mol. The predicted octanol–water partition coefficient (Wildman–Crippen LogP) is 2.68. The number of methoxy groups -OCH3 is 1. The van der Waals surface area contributed by atoms with Crippen molar-refractivity contribution < 1.29 is 19.4 Å². The predicted molar refractivity (Wildman–Crippen MR) is 58.1 cm³/mol. The number of rotatable bonds is 3. The summed E-state index contributed by atoms with van der Waals surface area (Å²) in [4.78, 5) is 11.3. The van der Waals surface area contributed by atoms with Crippen molar-refractivity contribution in [3.05, 3.63) is 9.90 Å². The van der Waals surface area contributed by atoms with Crippen molar-refractivity contribution >= 4 is 28.9 Å². The van der Waals surface area contributed by atoms with Crippen LogP contribution in [0.5, 0.6) is 10.8 Å². The molecule has 0 saturated carbocycles. The lowest BCUT2D eigenvalue weighted by Crippen LogP contribution is -2.04. The second-order valence-corrected chi connectivity index (χ2v) is 4.40. The first-order valence-electron chi connectivity index (χ1n) is 4.23. The second-order valence-electron chi connectivity index (χ2n) is 3.04. The third-order valence-electron chi connectivity index (χ3n) is 1.51. The van der Waals surface area contributed by atoms with E-state index in [1.165, 1.54) is 7.11 Å². The highest BCUT2D eigenvalue weighted by Gasteiger charge is 2.23. The van der Waals surface area contributed by atoms with E-state index >= 15 is 0 Å². The number of hydrogen-bond donors (Lipinski definition) is 1. The number of halogens is 1. The molecule has 0 bridgehead atoms. The molecule has 0 amide bonds. The summed E-state index contributed by atoms with van der Waals surface area (Å²) in [6, 6.07) is 0. The van der Waals surface area contributed by atoms with Gasteiger partial charge in [-0.3, -0.25) is 0 Å². The van der Waals surface area contributed by atoms with Crippen molar-refractivity contribution in [2.75, 3.05) is 7.11 Å². The molecule has 1 heterocycles. The van der Waals surface area contributed by atoms with Gasteiger partial charge in [-0.1, -0.05) is 22.9 Å². The van der Waals surface area contributed by atoms with E-state index in [9.17, 15) is 9.90 Å². The quantitative estimate of drug-likeness (QED) is 0.838. The lowest BCUT2D eigenvalue weighted by molar-refractivity contribution is 0.0603. The normalized spacial score (nSPS) is 10.5. The van der Waals surface area contributed by atoms with Gasteiger partial charge in [0.25, 0.3) is 0 Å². The Balaban J connectivity index is 3.06. The first-order chi connectivity index (χ1) is 6.97. The van der Waals surface area contributed by atoms with Crippen molar-refractivity contribution in [2.45, 2.75) is 20.0 Å². The van der Waals surface area contributed by atoms with Crippen molar-refractivity contribution in [1.82, 2.24) is 0 Å². The van der Waals surface area contributed by atoms with E-state index < -0.39 is 5.97 Å². The van der Waals surface area contributed by atoms with Gasteiger partial charge in [-0.2, -0.15) is 0 Å². The summed E-state index contributed by atoms with van der Waals surface area (Å²) in [7, 11) is 1.23. The first kappa shape index (κ1) is 12.1. The maximum atomic E-state index is 11.2. The minimum Gasteiger partial charge on any atom is -0.505 e. The van der Waals surface area contributed by atoms with E-state index in [4.69, 9.17) is 16.3 Å². The highest BCUT2D eigenvalue weighted by molar-refractivity contribution is 7.16. The van der Waals surface area contributed by atoms with E-state index in [2.05, 4.69) is 4.74 Å². The van der Waals surface area contributed by atoms with Crippen molar-refractivity contribution in [2.24, 2.45) is 0 Å². The average Bonchev–Trinajstić information content (AvgIpc) is 2.44. The van der Waals surface area contributed by atoms with Gasteiger partial charge >= 0.3 is 5.97 Å². The molecule has 1 N–H and O–H groups in total. The van der Waals surface area contributed by atoms with Crippen LogP contribution in [-0.2, 0) is 4.74 Å². The molecule has 0 spiro atoms. The maximum Gasteiger partial charge on any atom is 0.352 e. The molecule has 84 valence electrons. The zero-order valence-corrected chi connectivity index (χ0v) is 10.1. The SMILES string of the molecule is COC(=O)c1sc(OC(C)C)c(Cl)c1O. The molecule has 4 nitrogen and oxygen atoms in total. The molecule has 15 heavy (non-hydrogen) atoms. The Morgan fingerprint density at radius 2 is 2.13 bits per heavy atom. The number of aromatic hydroxyl groups is 1. The van der Waals surface area contributed by atoms with E-state index in [0.717, 1.165) is 11.3 Å². The van der Waals surface area contributed by atoms with Crippen molar-refractivity contribution in [3.8, 4) is 10.8 Å². The van der Waals surface area contributed by atoms with Crippen LogP contribution in [0, 0.1) is 0 Å². The number of carbonyl (C=O) groups is 1. The van der Waals surface area contributed by atoms with Crippen molar-refractivity contribution in [3.63, 3.8) is 0 Å². The smallest absolute Gasteiger partial charge is 0.352 e. The number of carbonyl (C=O) groups excluding carboxylic acids is 1. The van der Waals surface area contributed by atoms with Gasteiger partial charge in [-0.25, -0.2) is 4.79 Å². The van der Waals surface area contributed by atoms with Crippen LogP contribution < -0.4 is 4.74 Å². The standard InChI is InChI=1S/C9H11ClO4S/c1-4(2)14-9-5(10)6(11)7(15-9)8(12)13-3/h4,11H,1-3H3. The highest BCUT2D eigenvalue weighted by Crippen LogP contribution is 2.44. The van der Waals surface area contributed by atoms with Crippen LogP contribution in [0.1, 0.15) is 23.5 Å². The molecule has 0 aromatic carbocycles. The first-order valence-corrected chi connectivity index (χ1v) is 5.43. The summed E-state index contributed by atoms with van der Waals surface area (Å²) in [6.07, 6.45) is -0.0777. The zero-order chi connectivity index (χ0) is 11.6. The molecule has 0 aliphatic heterocycles. The Morgan fingerprint density at radius 3 is 2.60 bits per heavy atom. The van der Waals surface area contributed by atoms with Gasteiger partial charge in [0.05, 0.1) is 13.2 Å². The molecule has 6 heteroatoms. The van der Waals surface area contributed by atoms with Gasteiger partial charge in [0.2, 0.25) is 0 Å². The Morgan fingerprint density at radius 1 is 1.53 bits per heavy atom. The minimum atomic E-state index is -0.627. The molecule has 0 aliphatic carbocycles. The summed E-state index contributed by atoms with van der Waals surface area (Å²) >= 11 is 6.76. The monoisotopic (exact) mass is 250 g/mol. The summed E-state index contributed by atoms with van der Waals surface area (Å²) < 4.78 is 9.81. The number of thiophene rings is 1. The highest BCUT2D eigenvalue weighted by atomic mass is 35.5. The van der Waals surface area contributed by atoms with Crippen LogP contribution in [0.4, 0.5) is 0 Å². The Bertz CT molecular complexity index is 372. The Labute approximate surface area is 96.4 Å². The molecule has 0 radical (unpaired) electrons. The van der Waals surface area contributed by atoms with Crippen LogP contribution in [0.15, 0.2) is 0 Å². The van der Waals surface area contributed by atoms with E-state index in [1.807, 2.05) is 13.8 Å². The second kappa shape index (κ2) is 4.72. The Kier molecular flexibility index (Phi) is 3.82.